The van der Waals surface area contributed by atoms with Gasteiger partial charge < -0.3 is 4.98 Å². The molecule has 1 unspecified atom stereocenters. The first-order chi connectivity index (χ1) is 9.97. The summed E-state index contributed by atoms with van der Waals surface area (Å²) in [6.07, 6.45) is 2.25. The third-order valence-corrected chi connectivity index (χ3v) is 4.89. The van der Waals surface area contributed by atoms with Gasteiger partial charge in [0.2, 0.25) is 0 Å². The fraction of sp³-hybridized carbons (Fsp3) is 0.438. The van der Waals surface area contributed by atoms with Gasteiger partial charge in [-0.15, -0.1) is 0 Å². The van der Waals surface area contributed by atoms with Gasteiger partial charge in [-0.3, -0.25) is 9.47 Å². The molecule has 3 rings (SSSR count). The molecule has 4 nitrogen and oxygen atoms in total. The van der Waals surface area contributed by atoms with Crippen molar-refractivity contribution >= 4 is 27.0 Å². The Morgan fingerprint density at radius 2 is 2.24 bits per heavy atom. The number of imidazole rings is 1. The van der Waals surface area contributed by atoms with E-state index in [4.69, 9.17) is 0 Å². The van der Waals surface area contributed by atoms with E-state index in [0.717, 1.165) is 35.1 Å². The van der Waals surface area contributed by atoms with Crippen LogP contribution >= 0.6 is 15.9 Å². The van der Waals surface area contributed by atoms with E-state index < -0.39 is 0 Å². The second kappa shape index (κ2) is 5.46. The Kier molecular flexibility index (Phi) is 3.80. The van der Waals surface area contributed by atoms with E-state index in [-0.39, 0.29) is 5.69 Å². The maximum absolute atomic E-state index is 12.2. The Morgan fingerprint density at radius 1 is 1.48 bits per heavy atom. The molecule has 0 aliphatic carbocycles. The van der Waals surface area contributed by atoms with Crippen LogP contribution < -0.4 is 5.69 Å². The van der Waals surface area contributed by atoms with E-state index >= 15 is 0 Å². The molecule has 0 radical (unpaired) electrons. The van der Waals surface area contributed by atoms with Crippen molar-refractivity contribution in [1.82, 2.24) is 14.5 Å². The Morgan fingerprint density at radius 3 is 2.95 bits per heavy atom. The molecule has 1 aromatic heterocycles. The molecular formula is C16H20BrN3O. The molecule has 2 heterocycles. The molecule has 1 aliphatic heterocycles. The van der Waals surface area contributed by atoms with E-state index in [0.29, 0.717) is 6.04 Å². The smallest absolute Gasteiger partial charge is 0.306 e. The normalized spacial score (nSPS) is 18.8. The summed E-state index contributed by atoms with van der Waals surface area (Å²) in [5.41, 5.74) is 4.47. The van der Waals surface area contributed by atoms with Gasteiger partial charge in [-0.2, -0.15) is 0 Å². The summed E-state index contributed by atoms with van der Waals surface area (Å²) in [5, 5.41) is 0. The minimum atomic E-state index is -0.0136. The standard InChI is InChI=1S/C16H20BrN3O/c1-10(2)6-7-19-9-12-13(17)4-5-14-15(12)20(8-11(19)3)16(21)18-14/h4-6,11H,7-9H2,1-3H3,(H,18,21). The van der Waals surface area contributed by atoms with Crippen LogP contribution in [-0.4, -0.2) is 27.0 Å². The number of hydrogen-bond acceptors (Lipinski definition) is 2. The molecule has 21 heavy (non-hydrogen) atoms. The van der Waals surface area contributed by atoms with Crippen molar-refractivity contribution in [3.05, 3.63) is 44.3 Å². The highest BCUT2D eigenvalue weighted by Gasteiger charge is 2.24. The number of aromatic amines is 1. The van der Waals surface area contributed by atoms with Gasteiger partial charge >= 0.3 is 5.69 Å². The topological polar surface area (TPSA) is 41.0 Å². The van der Waals surface area contributed by atoms with Crippen LogP contribution in [0.4, 0.5) is 0 Å². The summed E-state index contributed by atoms with van der Waals surface area (Å²) in [6.45, 7) is 8.90. The quantitative estimate of drug-likeness (QED) is 0.845. The molecule has 0 fully saturated rings. The van der Waals surface area contributed by atoms with Crippen LogP contribution in [0.25, 0.3) is 11.0 Å². The molecule has 1 aliphatic rings. The highest BCUT2D eigenvalue weighted by Crippen LogP contribution is 2.29. The first-order valence-corrected chi connectivity index (χ1v) is 8.04. The first kappa shape index (κ1) is 14.6. The summed E-state index contributed by atoms with van der Waals surface area (Å²) in [7, 11) is 0. The monoisotopic (exact) mass is 349 g/mol. The second-order valence-electron chi connectivity index (χ2n) is 6.02. The Balaban J connectivity index is 2.12. The SMILES string of the molecule is CC(C)=CCN1Cc2c(Br)ccc3[nH]c(=O)n(c23)CC1C. The lowest BCUT2D eigenvalue weighted by atomic mass is 10.1. The van der Waals surface area contributed by atoms with Gasteiger partial charge in [-0.25, -0.2) is 4.79 Å². The summed E-state index contributed by atoms with van der Waals surface area (Å²) in [6, 6.07) is 4.31. The Hall–Kier alpha value is -1.33. The third kappa shape index (κ3) is 2.60. The molecule has 5 heteroatoms. The molecule has 2 aromatic rings. The number of nitrogens with one attached hydrogen (secondary N) is 1. The molecule has 0 spiro atoms. The number of allylic oxidation sites excluding steroid dienone is 1. The number of halogens is 1. The average Bonchev–Trinajstić information content (AvgIpc) is 2.64. The van der Waals surface area contributed by atoms with Gasteiger partial charge in [-0.1, -0.05) is 27.6 Å². The fourth-order valence-electron chi connectivity index (χ4n) is 2.91. The molecular weight excluding hydrogens is 330 g/mol. The predicted molar refractivity (Wildman–Crippen MR) is 89.6 cm³/mol. The Labute approximate surface area is 132 Å². The zero-order valence-electron chi connectivity index (χ0n) is 12.6. The lowest BCUT2D eigenvalue weighted by molar-refractivity contribution is 0.209. The van der Waals surface area contributed by atoms with Crippen molar-refractivity contribution in [2.45, 2.75) is 39.9 Å². The second-order valence-corrected chi connectivity index (χ2v) is 6.88. The molecule has 0 saturated carbocycles. The lowest BCUT2D eigenvalue weighted by Crippen LogP contribution is -2.36. The number of hydrogen-bond donors (Lipinski definition) is 1. The highest BCUT2D eigenvalue weighted by molar-refractivity contribution is 9.10. The van der Waals surface area contributed by atoms with Crippen LogP contribution in [0.5, 0.6) is 0 Å². The van der Waals surface area contributed by atoms with E-state index in [1.54, 1.807) is 0 Å². The minimum absolute atomic E-state index is 0.0136. The molecule has 112 valence electrons. The summed E-state index contributed by atoms with van der Waals surface area (Å²) < 4.78 is 2.95. The van der Waals surface area contributed by atoms with Crippen molar-refractivity contribution in [3.63, 3.8) is 0 Å². The summed E-state index contributed by atoms with van der Waals surface area (Å²) in [4.78, 5) is 17.6. The largest absolute Gasteiger partial charge is 0.326 e. The number of aromatic nitrogens is 2. The van der Waals surface area contributed by atoms with Crippen molar-refractivity contribution in [3.8, 4) is 0 Å². The van der Waals surface area contributed by atoms with Crippen molar-refractivity contribution in [2.24, 2.45) is 0 Å². The zero-order valence-corrected chi connectivity index (χ0v) is 14.2. The van der Waals surface area contributed by atoms with E-state index in [2.05, 4.69) is 52.7 Å². The van der Waals surface area contributed by atoms with Crippen molar-refractivity contribution < 1.29 is 0 Å². The maximum Gasteiger partial charge on any atom is 0.326 e. The van der Waals surface area contributed by atoms with Crippen molar-refractivity contribution in [1.29, 1.82) is 0 Å². The van der Waals surface area contributed by atoms with Crippen LogP contribution in [0.2, 0.25) is 0 Å². The van der Waals surface area contributed by atoms with Gasteiger partial charge in [0.05, 0.1) is 11.0 Å². The lowest BCUT2D eigenvalue weighted by Gasteiger charge is -2.26. The number of nitrogens with zero attached hydrogens (tertiary/aromatic N) is 2. The van der Waals surface area contributed by atoms with Gasteiger partial charge in [0, 0.05) is 35.7 Å². The van der Waals surface area contributed by atoms with Crippen LogP contribution in [0.3, 0.4) is 0 Å². The third-order valence-electron chi connectivity index (χ3n) is 4.15. The molecule has 1 N–H and O–H groups in total. The molecule has 0 amide bonds. The van der Waals surface area contributed by atoms with Crippen molar-refractivity contribution in [2.75, 3.05) is 6.54 Å². The van der Waals surface area contributed by atoms with Crippen LogP contribution in [0, 0.1) is 0 Å². The molecule has 0 saturated heterocycles. The molecule has 1 atom stereocenters. The summed E-state index contributed by atoms with van der Waals surface area (Å²) in [5.74, 6) is 0. The minimum Gasteiger partial charge on any atom is -0.306 e. The van der Waals surface area contributed by atoms with Crippen LogP contribution in [-0.2, 0) is 13.1 Å². The number of H-pyrrole nitrogens is 1. The first-order valence-electron chi connectivity index (χ1n) is 7.24. The summed E-state index contributed by atoms with van der Waals surface area (Å²) >= 11 is 3.65. The van der Waals surface area contributed by atoms with Gasteiger partial charge in [-0.05, 0) is 32.9 Å². The molecule has 0 bridgehead atoms. The fourth-order valence-corrected chi connectivity index (χ4v) is 3.36. The van der Waals surface area contributed by atoms with Gasteiger partial charge in [0.15, 0.2) is 0 Å². The predicted octanol–water partition coefficient (Wildman–Crippen LogP) is 3.26. The van der Waals surface area contributed by atoms with E-state index in [1.165, 1.54) is 11.1 Å². The van der Waals surface area contributed by atoms with Crippen LogP contribution in [0.15, 0.2) is 33.0 Å². The average molecular weight is 350 g/mol. The van der Waals surface area contributed by atoms with Gasteiger partial charge in [0.25, 0.3) is 0 Å². The highest BCUT2D eigenvalue weighted by atomic mass is 79.9. The van der Waals surface area contributed by atoms with Crippen LogP contribution in [0.1, 0.15) is 26.3 Å². The van der Waals surface area contributed by atoms with Gasteiger partial charge in [0.1, 0.15) is 0 Å². The van der Waals surface area contributed by atoms with E-state index in [1.807, 2.05) is 16.7 Å². The maximum atomic E-state index is 12.2. The van der Waals surface area contributed by atoms with E-state index in [9.17, 15) is 4.79 Å². The number of benzene rings is 1. The Bertz CT molecular complexity index is 768. The number of rotatable bonds is 2. The zero-order chi connectivity index (χ0) is 15.1. The molecule has 1 aromatic carbocycles.